The Hall–Kier alpha value is -1.09. The minimum Gasteiger partial charge on any atom is -0.487 e. The molecule has 1 saturated carbocycles. The Morgan fingerprint density at radius 2 is 2.11 bits per heavy atom. The minimum atomic E-state index is -0.252. The monoisotopic (exact) mass is 263 g/mol. The lowest BCUT2D eigenvalue weighted by Gasteiger charge is -2.48. The van der Waals surface area contributed by atoms with E-state index in [1.807, 2.05) is 0 Å². The number of rotatable bonds is 0. The maximum Gasteiger partial charge on any atom is 0.127 e. The number of halogens is 1. The summed E-state index contributed by atoms with van der Waals surface area (Å²) in [5, 5.41) is 0. The van der Waals surface area contributed by atoms with Gasteiger partial charge >= 0.3 is 0 Å². The average Bonchev–Trinajstić information content (AvgIpc) is 2.25. The van der Waals surface area contributed by atoms with E-state index in [1.54, 1.807) is 6.07 Å². The standard InChI is InChI=1S/C16H22FNO/c1-15(2)6-3-7-16(10-15)9-13(18)12-5-4-11(17)8-14(12)19-16/h4-5,8,13H,3,6-7,9-10,18H2,1-2H3. The summed E-state index contributed by atoms with van der Waals surface area (Å²) in [5.41, 5.74) is 7.32. The van der Waals surface area contributed by atoms with E-state index in [1.165, 1.54) is 18.6 Å². The van der Waals surface area contributed by atoms with Crippen molar-refractivity contribution in [1.82, 2.24) is 0 Å². The number of hydrogen-bond donors (Lipinski definition) is 1. The molecule has 1 spiro atoms. The summed E-state index contributed by atoms with van der Waals surface area (Å²) in [6, 6.07) is 4.66. The summed E-state index contributed by atoms with van der Waals surface area (Å²) < 4.78 is 19.6. The maximum absolute atomic E-state index is 13.4. The molecule has 0 bridgehead atoms. The molecule has 1 aromatic carbocycles. The van der Waals surface area contributed by atoms with Gasteiger partial charge in [-0.2, -0.15) is 0 Å². The lowest BCUT2D eigenvalue weighted by molar-refractivity contribution is -0.0387. The van der Waals surface area contributed by atoms with Crippen molar-refractivity contribution < 1.29 is 9.13 Å². The smallest absolute Gasteiger partial charge is 0.127 e. The van der Waals surface area contributed by atoms with Gasteiger partial charge in [-0.3, -0.25) is 0 Å². The first-order chi connectivity index (χ1) is 8.89. The molecule has 19 heavy (non-hydrogen) atoms. The first-order valence-corrected chi connectivity index (χ1v) is 7.13. The van der Waals surface area contributed by atoms with Crippen LogP contribution in [-0.2, 0) is 0 Å². The summed E-state index contributed by atoms with van der Waals surface area (Å²) >= 11 is 0. The molecule has 1 aliphatic carbocycles. The number of fused-ring (bicyclic) bond motifs is 1. The quantitative estimate of drug-likeness (QED) is 0.769. The van der Waals surface area contributed by atoms with Crippen molar-refractivity contribution in [2.24, 2.45) is 11.1 Å². The maximum atomic E-state index is 13.4. The molecule has 1 aliphatic heterocycles. The van der Waals surface area contributed by atoms with Gasteiger partial charge in [-0.25, -0.2) is 4.39 Å². The van der Waals surface area contributed by atoms with Crippen LogP contribution in [0.15, 0.2) is 18.2 Å². The highest BCUT2D eigenvalue weighted by Crippen LogP contribution is 2.50. The lowest BCUT2D eigenvalue weighted by Crippen LogP contribution is -2.48. The van der Waals surface area contributed by atoms with Gasteiger partial charge in [-0.1, -0.05) is 19.9 Å². The lowest BCUT2D eigenvalue weighted by atomic mass is 9.66. The van der Waals surface area contributed by atoms with E-state index in [9.17, 15) is 4.39 Å². The molecule has 0 amide bonds. The van der Waals surface area contributed by atoms with Crippen LogP contribution in [0.3, 0.4) is 0 Å². The van der Waals surface area contributed by atoms with Crippen LogP contribution in [0.2, 0.25) is 0 Å². The first-order valence-electron chi connectivity index (χ1n) is 7.13. The molecule has 2 N–H and O–H groups in total. The molecular weight excluding hydrogens is 241 g/mol. The Bertz CT molecular complexity index is 500. The number of nitrogens with two attached hydrogens (primary N) is 1. The molecule has 3 heteroatoms. The van der Waals surface area contributed by atoms with E-state index in [4.69, 9.17) is 10.5 Å². The normalized spacial score (nSPS) is 32.7. The van der Waals surface area contributed by atoms with Crippen molar-refractivity contribution >= 4 is 0 Å². The largest absolute Gasteiger partial charge is 0.487 e. The van der Waals surface area contributed by atoms with Crippen molar-refractivity contribution in [3.05, 3.63) is 29.6 Å². The first kappa shape index (κ1) is 12.9. The number of hydrogen-bond acceptors (Lipinski definition) is 2. The van der Waals surface area contributed by atoms with Crippen LogP contribution in [-0.4, -0.2) is 5.60 Å². The molecule has 1 aromatic rings. The molecule has 2 unspecified atom stereocenters. The zero-order valence-electron chi connectivity index (χ0n) is 11.7. The van der Waals surface area contributed by atoms with Crippen LogP contribution in [0.4, 0.5) is 4.39 Å². The van der Waals surface area contributed by atoms with Crippen LogP contribution < -0.4 is 10.5 Å². The van der Waals surface area contributed by atoms with Crippen molar-refractivity contribution in [1.29, 1.82) is 0 Å². The predicted molar refractivity (Wildman–Crippen MR) is 73.6 cm³/mol. The Labute approximate surface area is 114 Å². The molecule has 2 atom stereocenters. The number of ether oxygens (including phenoxy) is 1. The topological polar surface area (TPSA) is 35.2 Å². The molecule has 0 radical (unpaired) electrons. The Kier molecular flexibility index (Phi) is 2.86. The van der Waals surface area contributed by atoms with Crippen molar-refractivity contribution in [3.8, 4) is 5.75 Å². The second-order valence-electron chi connectivity index (χ2n) is 6.97. The minimum absolute atomic E-state index is 0.0433. The molecular formula is C16H22FNO. The van der Waals surface area contributed by atoms with E-state index in [0.29, 0.717) is 5.75 Å². The summed E-state index contributed by atoms with van der Waals surface area (Å²) in [5.74, 6) is 0.398. The Morgan fingerprint density at radius 3 is 2.84 bits per heavy atom. The molecule has 104 valence electrons. The summed E-state index contributed by atoms with van der Waals surface area (Å²) in [6.45, 7) is 4.56. The summed E-state index contributed by atoms with van der Waals surface area (Å²) in [6.07, 6.45) is 5.26. The van der Waals surface area contributed by atoms with Crippen LogP contribution in [0.5, 0.6) is 5.75 Å². The van der Waals surface area contributed by atoms with Crippen molar-refractivity contribution in [2.75, 3.05) is 0 Å². The molecule has 2 aliphatic rings. The van der Waals surface area contributed by atoms with Gasteiger partial charge in [-0.05, 0) is 37.2 Å². The van der Waals surface area contributed by atoms with Gasteiger partial charge in [0.05, 0.1) is 0 Å². The third kappa shape index (κ3) is 2.36. The third-order valence-electron chi connectivity index (χ3n) is 4.58. The molecule has 2 nitrogen and oxygen atoms in total. The fourth-order valence-corrected chi connectivity index (χ4v) is 3.89. The predicted octanol–water partition coefficient (Wildman–Crippen LogP) is 3.95. The molecule has 0 saturated heterocycles. The van der Waals surface area contributed by atoms with Crippen LogP contribution in [0, 0.1) is 11.2 Å². The fourth-order valence-electron chi connectivity index (χ4n) is 3.89. The third-order valence-corrected chi connectivity index (χ3v) is 4.58. The van der Waals surface area contributed by atoms with Crippen molar-refractivity contribution in [2.45, 2.75) is 57.6 Å². The Morgan fingerprint density at radius 1 is 1.32 bits per heavy atom. The van der Waals surface area contributed by atoms with Crippen LogP contribution in [0.25, 0.3) is 0 Å². The Balaban J connectivity index is 1.95. The van der Waals surface area contributed by atoms with E-state index in [0.717, 1.165) is 31.2 Å². The summed E-state index contributed by atoms with van der Waals surface area (Å²) in [4.78, 5) is 0. The molecule has 1 heterocycles. The highest BCUT2D eigenvalue weighted by atomic mass is 19.1. The zero-order chi connectivity index (χ0) is 13.7. The summed E-state index contributed by atoms with van der Waals surface area (Å²) in [7, 11) is 0. The SMILES string of the molecule is CC1(C)CCCC2(CC(N)c3ccc(F)cc3O2)C1. The highest BCUT2D eigenvalue weighted by Gasteiger charge is 2.45. The fraction of sp³-hybridized carbons (Fsp3) is 0.625. The molecule has 1 fully saturated rings. The zero-order valence-corrected chi connectivity index (χ0v) is 11.7. The van der Waals surface area contributed by atoms with Crippen LogP contribution >= 0.6 is 0 Å². The van der Waals surface area contributed by atoms with E-state index in [-0.39, 0.29) is 22.9 Å². The highest BCUT2D eigenvalue weighted by molar-refractivity contribution is 5.39. The molecule has 3 rings (SSSR count). The second kappa shape index (κ2) is 4.20. The van der Waals surface area contributed by atoms with Gasteiger partial charge in [0.1, 0.15) is 17.2 Å². The number of benzene rings is 1. The van der Waals surface area contributed by atoms with Gasteiger partial charge in [0.2, 0.25) is 0 Å². The van der Waals surface area contributed by atoms with E-state index in [2.05, 4.69) is 13.8 Å². The van der Waals surface area contributed by atoms with Crippen LogP contribution in [0.1, 0.15) is 57.6 Å². The van der Waals surface area contributed by atoms with Crippen molar-refractivity contribution in [3.63, 3.8) is 0 Å². The van der Waals surface area contributed by atoms with Gasteiger partial charge < -0.3 is 10.5 Å². The van der Waals surface area contributed by atoms with Gasteiger partial charge in [0, 0.05) is 24.1 Å². The van der Waals surface area contributed by atoms with E-state index >= 15 is 0 Å². The van der Waals surface area contributed by atoms with Gasteiger partial charge in [-0.15, -0.1) is 0 Å². The van der Waals surface area contributed by atoms with E-state index < -0.39 is 0 Å². The second-order valence-corrected chi connectivity index (χ2v) is 6.97. The average molecular weight is 263 g/mol. The van der Waals surface area contributed by atoms with Gasteiger partial charge in [0.25, 0.3) is 0 Å². The molecule has 0 aromatic heterocycles. The van der Waals surface area contributed by atoms with Gasteiger partial charge in [0.15, 0.2) is 0 Å².